The van der Waals surface area contributed by atoms with Gasteiger partial charge in [-0.3, -0.25) is 9.40 Å². The normalized spacial score (nSPS) is 11.5. The zero-order chi connectivity index (χ0) is 14.0. The molecule has 6 nitrogen and oxygen atoms in total. The highest BCUT2D eigenvalue weighted by Gasteiger charge is 2.17. The molecule has 0 amide bonds. The van der Waals surface area contributed by atoms with Gasteiger partial charge in [0.2, 0.25) is 0 Å². The predicted octanol–water partition coefficient (Wildman–Crippen LogP) is 1.72. The van der Waals surface area contributed by atoms with Crippen LogP contribution in [0.1, 0.15) is 18.2 Å². The van der Waals surface area contributed by atoms with Crippen molar-refractivity contribution in [3.8, 4) is 0 Å². The number of aromatic nitrogens is 3. The van der Waals surface area contributed by atoms with Crippen molar-refractivity contribution in [2.75, 3.05) is 4.72 Å². The summed E-state index contributed by atoms with van der Waals surface area (Å²) in [4.78, 5) is 4.29. The van der Waals surface area contributed by atoms with Crippen LogP contribution in [-0.4, -0.2) is 23.2 Å². The first-order valence-electron chi connectivity index (χ1n) is 5.91. The Balaban J connectivity index is 2.30. The Labute approximate surface area is 112 Å². The monoisotopic (exact) mass is 280 g/mol. The van der Waals surface area contributed by atoms with E-state index in [4.69, 9.17) is 0 Å². The van der Waals surface area contributed by atoms with Crippen molar-refractivity contribution in [1.82, 2.24) is 14.8 Å². The number of anilines is 1. The first kappa shape index (κ1) is 13.5. The Morgan fingerprint density at radius 3 is 2.63 bits per heavy atom. The molecule has 102 valence electrons. The SMILES string of the molecule is CCn1cc(S(=O)(=O)Nc2cc(C)cc(C)n2)cn1. The molecule has 0 aromatic carbocycles. The van der Waals surface area contributed by atoms with Crippen LogP contribution < -0.4 is 4.72 Å². The lowest BCUT2D eigenvalue weighted by atomic mass is 10.2. The van der Waals surface area contributed by atoms with E-state index in [9.17, 15) is 8.42 Å². The van der Waals surface area contributed by atoms with Crippen LogP contribution in [0, 0.1) is 13.8 Å². The van der Waals surface area contributed by atoms with Gasteiger partial charge < -0.3 is 0 Å². The maximum atomic E-state index is 12.1. The number of aryl methyl sites for hydroxylation is 3. The lowest BCUT2D eigenvalue weighted by Gasteiger charge is -2.07. The largest absolute Gasteiger partial charge is 0.272 e. The summed E-state index contributed by atoms with van der Waals surface area (Å²) in [6.45, 7) is 6.22. The summed E-state index contributed by atoms with van der Waals surface area (Å²) in [5, 5.41) is 3.95. The van der Waals surface area contributed by atoms with E-state index in [0.717, 1.165) is 11.3 Å². The summed E-state index contributed by atoms with van der Waals surface area (Å²) in [6.07, 6.45) is 2.82. The van der Waals surface area contributed by atoms with Crippen molar-refractivity contribution in [2.24, 2.45) is 0 Å². The standard InChI is InChI=1S/C12H16N4O2S/c1-4-16-8-11(7-13-16)19(17,18)15-12-6-9(2)5-10(3)14-12/h5-8H,4H2,1-3H3,(H,14,15). The second-order valence-corrected chi connectivity index (χ2v) is 5.99. The van der Waals surface area contributed by atoms with Gasteiger partial charge in [-0.1, -0.05) is 0 Å². The second-order valence-electron chi connectivity index (χ2n) is 4.31. The fraction of sp³-hybridized carbons (Fsp3) is 0.333. The molecule has 2 aromatic heterocycles. The number of nitrogens with zero attached hydrogens (tertiary/aromatic N) is 3. The van der Waals surface area contributed by atoms with Crippen LogP contribution in [0.5, 0.6) is 0 Å². The minimum absolute atomic E-state index is 0.135. The quantitative estimate of drug-likeness (QED) is 0.925. The van der Waals surface area contributed by atoms with E-state index in [-0.39, 0.29) is 4.90 Å². The molecule has 0 saturated carbocycles. The van der Waals surface area contributed by atoms with E-state index in [1.807, 2.05) is 26.8 Å². The molecular weight excluding hydrogens is 264 g/mol. The van der Waals surface area contributed by atoms with Crippen molar-refractivity contribution in [2.45, 2.75) is 32.2 Å². The molecule has 0 aliphatic rings. The fourth-order valence-corrected chi connectivity index (χ4v) is 2.69. The Morgan fingerprint density at radius 1 is 1.32 bits per heavy atom. The first-order valence-corrected chi connectivity index (χ1v) is 7.39. The number of sulfonamides is 1. The minimum Gasteiger partial charge on any atom is -0.272 e. The molecule has 0 spiro atoms. The molecule has 0 aliphatic heterocycles. The molecule has 0 radical (unpaired) electrons. The van der Waals surface area contributed by atoms with Gasteiger partial charge >= 0.3 is 0 Å². The summed E-state index contributed by atoms with van der Waals surface area (Å²) in [6, 6.07) is 3.57. The fourth-order valence-electron chi connectivity index (χ4n) is 1.75. The molecular formula is C12H16N4O2S. The molecule has 1 N–H and O–H groups in total. The third-order valence-corrected chi connectivity index (χ3v) is 3.89. The second kappa shape index (κ2) is 5.00. The lowest BCUT2D eigenvalue weighted by molar-refractivity contribution is 0.600. The molecule has 2 aromatic rings. The van der Waals surface area contributed by atoms with Crippen LogP contribution >= 0.6 is 0 Å². The van der Waals surface area contributed by atoms with Gasteiger partial charge in [0.1, 0.15) is 10.7 Å². The Hall–Kier alpha value is -1.89. The summed E-state index contributed by atoms with van der Waals surface area (Å²) in [7, 11) is -3.63. The lowest BCUT2D eigenvalue weighted by Crippen LogP contribution is -2.13. The van der Waals surface area contributed by atoms with E-state index in [0.29, 0.717) is 12.4 Å². The minimum atomic E-state index is -3.63. The highest BCUT2D eigenvalue weighted by atomic mass is 32.2. The number of nitrogens with one attached hydrogen (secondary N) is 1. The topological polar surface area (TPSA) is 76.9 Å². The molecule has 0 aliphatic carbocycles. The smallest absolute Gasteiger partial charge is 0.266 e. The van der Waals surface area contributed by atoms with Crippen molar-refractivity contribution in [1.29, 1.82) is 0 Å². The summed E-state index contributed by atoms with van der Waals surface area (Å²) < 4.78 is 28.3. The van der Waals surface area contributed by atoms with Crippen molar-refractivity contribution in [3.63, 3.8) is 0 Å². The highest BCUT2D eigenvalue weighted by Crippen LogP contribution is 2.15. The summed E-state index contributed by atoms with van der Waals surface area (Å²) in [5.41, 5.74) is 1.72. The summed E-state index contributed by atoms with van der Waals surface area (Å²) >= 11 is 0. The van der Waals surface area contributed by atoms with E-state index in [2.05, 4.69) is 14.8 Å². The van der Waals surface area contributed by atoms with Crippen molar-refractivity contribution < 1.29 is 8.42 Å². The Morgan fingerprint density at radius 2 is 2.05 bits per heavy atom. The molecule has 0 unspecified atom stereocenters. The number of hydrogen-bond donors (Lipinski definition) is 1. The van der Waals surface area contributed by atoms with Crippen LogP contribution in [0.2, 0.25) is 0 Å². The number of rotatable bonds is 4. The van der Waals surface area contributed by atoms with Crippen molar-refractivity contribution >= 4 is 15.8 Å². The van der Waals surface area contributed by atoms with Crippen LogP contribution in [0.4, 0.5) is 5.82 Å². The van der Waals surface area contributed by atoms with Gasteiger partial charge in [0.25, 0.3) is 10.0 Å². The van der Waals surface area contributed by atoms with Gasteiger partial charge in [-0.05, 0) is 38.5 Å². The van der Waals surface area contributed by atoms with Gasteiger partial charge in [-0.25, -0.2) is 13.4 Å². The maximum Gasteiger partial charge on any atom is 0.266 e. The highest BCUT2D eigenvalue weighted by molar-refractivity contribution is 7.92. The molecule has 7 heteroatoms. The van der Waals surface area contributed by atoms with E-state index in [1.165, 1.54) is 12.4 Å². The molecule has 2 rings (SSSR count). The van der Waals surface area contributed by atoms with Crippen LogP contribution in [0.3, 0.4) is 0 Å². The zero-order valence-electron chi connectivity index (χ0n) is 11.1. The molecule has 0 fully saturated rings. The van der Waals surface area contributed by atoms with Crippen LogP contribution in [0.15, 0.2) is 29.4 Å². The molecule has 0 atom stereocenters. The zero-order valence-corrected chi connectivity index (χ0v) is 11.9. The third kappa shape index (κ3) is 3.11. The maximum absolute atomic E-state index is 12.1. The average molecular weight is 280 g/mol. The molecule has 2 heterocycles. The van der Waals surface area contributed by atoms with Gasteiger partial charge in [0.05, 0.1) is 6.20 Å². The first-order chi connectivity index (χ1) is 8.90. The Bertz CT molecular complexity index is 671. The van der Waals surface area contributed by atoms with E-state index < -0.39 is 10.0 Å². The third-order valence-electron chi connectivity index (χ3n) is 2.58. The number of pyridine rings is 1. The Kier molecular flexibility index (Phi) is 3.57. The van der Waals surface area contributed by atoms with Gasteiger partial charge in [-0.2, -0.15) is 5.10 Å². The predicted molar refractivity (Wildman–Crippen MR) is 72.4 cm³/mol. The molecule has 19 heavy (non-hydrogen) atoms. The van der Waals surface area contributed by atoms with Crippen molar-refractivity contribution in [3.05, 3.63) is 35.8 Å². The number of hydrogen-bond acceptors (Lipinski definition) is 4. The summed E-state index contributed by atoms with van der Waals surface area (Å²) in [5.74, 6) is 0.321. The van der Waals surface area contributed by atoms with Crippen LogP contribution in [-0.2, 0) is 16.6 Å². The van der Waals surface area contributed by atoms with Gasteiger partial charge in [-0.15, -0.1) is 0 Å². The average Bonchev–Trinajstić information content (AvgIpc) is 2.75. The molecule has 0 bridgehead atoms. The van der Waals surface area contributed by atoms with Crippen LogP contribution in [0.25, 0.3) is 0 Å². The van der Waals surface area contributed by atoms with Gasteiger partial charge in [0, 0.05) is 18.4 Å². The molecule has 0 saturated heterocycles. The van der Waals surface area contributed by atoms with Gasteiger partial charge in [0.15, 0.2) is 0 Å². The van der Waals surface area contributed by atoms with E-state index in [1.54, 1.807) is 10.7 Å². The van der Waals surface area contributed by atoms with E-state index >= 15 is 0 Å².